The van der Waals surface area contributed by atoms with Gasteiger partial charge in [0, 0.05) is 99.8 Å². The first-order valence-corrected chi connectivity index (χ1v) is 40.7. The summed E-state index contributed by atoms with van der Waals surface area (Å²) in [6.07, 6.45) is -6.13. The summed E-state index contributed by atoms with van der Waals surface area (Å²) in [7, 11) is 1.38. The molecule has 7 heterocycles. The van der Waals surface area contributed by atoms with Crippen molar-refractivity contribution in [3.05, 3.63) is 101 Å². The number of nitrogens with zero attached hydrogens (tertiary/aromatic N) is 4. The summed E-state index contributed by atoms with van der Waals surface area (Å²) < 4.78 is 40.9. The van der Waals surface area contributed by atoms with Crippen molar-refractivity contribution in [2.24, 2.45) is 5.92 Å². The van der Waals surface area contributed by atoms with Crippen molar-refractivity contribution in [2.45, 2.75) is 205 Å². The Morgan fingerprint density at radius 1 is 0.496 bits per heavy atom. The molecule has 4 aromatic carbocycles. The van der Waals surface area contributed by atoms with Gasteiger partial charge in [-0.25, -0.2) is 19.4 Å². The Bertz CT molecular complexity index is 4250. The van der Waals surface area contributed by atoms with E-state index in [1.165, 1.54) is 93.1 Å². The number of rotatable bonds is 10. The number of carbonyl (C=O) groups excluding carboxylic acids is 14. The summed E-state index contributed by atoms with van der Waals surface area (Å²) in [6.45, 7) is 3.94. The number of Topliss-reactive ketones (excluding diaryl/α,β-unsaturated/α-hetero) is 2. The van der Waals surface area contributed by atoms with Gasteiger partial charge >= 0.3 is 24.1 Å². The van der Waals surface area contributed by atoms with E-state index in [9.17, 15) is 102 Å². The first kappa shape index (κ1) is 94.5. The van der Waals surface area contributed by atoms with Gasteiger partial charge in [-0.2, -0.15) is 0 Å². The number of nitrogens with one attached hydrogen (secondary N) is 8. The molecular formula is C83H106N12O28. The lowest BCUT2D eigenvalue weighted by Crippen LogP contribution is -2.61. The van der Waals surface area contributed by atoms with Gasteiger partial charge in [-0.3, -0.25) is 67.1 Å². The molecule has 8 bridgehead atoms. The monoisotopic (exact) mass is 1720 g/mol. The highest BCUT2D eigenvalue weighted by molar-refractivity contribution is 6.08. The molecular weight excluding hydrogens is 1610 g/mol. The molecule has 0 aromatic heterocycles. The Hall–Kier alpha value is -12.4. The quantitative estimate of drug-likeness (QED) is 0.109. The number of methoxy groups -OCH3 is 1. The van der Waals surface area contributed by atoms with Gasteiger partial charge in [-0.1, -0.05) is 31.2 Å². The number of aliphatic hydroxyl groups is 3. The predicted molar refractivity (Wildman–Crippen MR) is 433 cm³/mol. The number of carbonyl (C=O) groups is 16. The molecule has 2 saturated heterocycles. The maximum Gasteiger partial charge on any atom is 0.416 e. The van der Waals surface area contributed by atoms with Gasteiger partial charge in [-0.15, -0.1) is 0 Å². The van der Waals surface area contributed by atoms with Gasteiger partial charge in [0.15, 0.2) is 35.5 Å². The largest absolute Gasteiger partial charge is 0.493 e. The van der Waals surface area contributed by atoms with E-state index in [2.05, 4.69) is 42.5 Å². The van der Waals surface area contributed by atoms with Crippen molar-refractivity contribution < 1.29 is 135 Å². The van der Waals surface area contributed by atoms with Gasteiger partial charge in [0.25, 0.3) is 11.8 Å². The van der Waals surface area contributed by atoms with Crippen molar-refractivity contribution in [1.82, 2.24) is 41.7 Å². The maximum absolute atomic E-state index is 14.4. The third-order valence-electron chi connectivity index (χ3n) is 21.1. The van der Waals surface area contributed by atoms with Gasteiger partial charge in [0.1, 0.15) is 43.1 Å². The van der Waals surface area contributed by atoms with Crippen molar-refractivity contribution in [2.75, 3.05) is 86.8 Å². The topological polar surface area (TPSA) is 548 Å². The van der Waals surface area contributed by atoms with E-state index in [1.54, 1.807) is 24.3 Å². The van der Waals surface area contributed by atoms with Gasteiger partial charge in [0.2, 0.25) is 47.3 Å². The first-order valence-electron chi connectivity index (χ1n) is 40.7. The minimum absolute atomic E-state index is 0.00623. The van der Waals surface area contributed by atoms with Crippen molar-refractivity contribution >= 4 is 118 Å². The molecule has 4 aromatic rings. The van der Waals surface area contributed by atoms with E-state index >= 15 is 0 Å². The second-order valence-electron chi connectivity index (χ2n) is 30.2. The van der Waals surface area contributed by atoms with Crippen LogP contribution < -0.4 is 66.5 Å². The number of benzene rings is 4. The SMILES string of the molecule is COc1cc2c3cc1OCCCCCOc1cc4c(cc1CO)C(=O)N1CCC[C@H]1[C@H](O)N4C(=O)OCc1ccc(cc1)NC(=O)C(C)NC(=O)C(C)NC(=O)CCOCCCC(=O)C(NC(=O)CCC(=O)O)C(NC(=O)CCC(=O)O)C(=O)NCCOCCC(=O)NC(C)C(=O)CC(C)C(=O)Nc1ccc(cc1)COC(=O)N3[C@@H](O)[C@@H]1CCCN1C2=O. The number of anilines is 4. The maximum atomic E-state index is 14.4. The van der Waals surface area contributed by atoms with Crippen LogP contribution in [0.25, 0.3) is 0 Å². The minimum atomic E-state index is -1.91. The van der Waals surface area contributed by atoms with Crippen LogP contribution >= 0.6 is 0 Å². The van der Waals surface area contributed by atoms with Crippen molar-refractivity contribution in [3.63, 3.8) is 0 Å². The molecule has 0 spiro atoms. The molecule has 666 valence electrons. The van der Waals surface area contributed by atoms with E-state index in [-0.39, 0.29) is 143 Å². The number of fused-ring (bicyclic) bond motifs is 4. The zero-order chi connectivity index (χ0) is 89.1. The highest BCUT2D eigenvalue weighted by Gasteiger charge is 2.48. The van der Waals surface area contributed by atoms with Crippen molar-refractivity contribution in [1.29, 1.82) is 0 Å². The minimum Gasteiger partial charge on any atom is -0.493 e. The molecule has 11 rings (SSSR count). The average molecular weight is 1720 g/mol. The third kappa shape index (κ3) is 26.3. The number of hydrogen-bond acceptors (Lipinski definition) is 26. The Kier molecular flexibility index (Phi) is 34.9. The van der Waals surface area contributed by atoms with Crippen LogP contribution in [0.3, 0.4) is 0 Å². The third-order valence-corrected chi connectivity index (χ3v) is 21.1. The number of hydrogen-bond donors (Lipinski definition) is 13. The lowest BCUT2D eigenvalue weighted by atomic mass is 9.98. The number of aliphatic hydroxyl groups excluding tert-OH is 3. The molecule has 2 fully saturated rings. The summed E-state index contributed by atoms with van der Waals surface area (Å²) >= 11 is 0. The molecule has 123 heavy (non-hydrogen) atoms. The van der Waals surface area contributed by atoms with Crippen LogP contribution in [0, 0.1) is 5.92 Å². The van der Waals surface area contributed by atoms with E-state index < -0.39 is 194 Å². The lowest BCUT2D eigenvalue weighted by Gasteiger charge is -2.31. The lowest BCUT2D eigenvalue weighted by molar-refractivity contribution is -0.140. The zero-order valence-corrected chi connectivity index (χ0v) is 68.9. The molecule has 0 radical (unpaired) electrons. The first-order chi connectivity index (χ1) is 58.8. The summed E-state index contributed by atoms with van der Waals surface area (Å²) in [6, 6.07) is 9.27. The molecule has 40 heteroatoms. The van der Waals surface area contributed by atoms with E-state index in [4.69, 9.17) is 33.2 Å². The Morgan fingerprint density at radius 3 is 1.51 bits per heavy atom. The van der Waals surface area contributed by atoms with E-state index in [1.807, 2.05) is 0 Å². The Morgan fingerprint density at radius 2 is 0.984 bits per heavy atom. The smallest absolute Gasteiger partial charge is 0.416 e. The summed E-state index contributed by atoms with van der Waals surface area (Å²) in [4.78, 5) is 218. The highest BCUT2D eigenvalue weighted by atomic mass is 16.6. The van der Waals surface area contributed by atoms with Crippen molar-refractivity contribution in [3.8, 4) is 17.2 Å². The molecule has 7 aliphatic rings. The number of carboxylic acids is 2. The fourth-order valence-electron chi connectivity index (χ4n) is 14.3. The van der Waals surface area contributed by atoms with Crippen LogP contribution in [0.4, 0.5) is 32.3 Å². The number of ether oxygens (including phenoxy) is 7. The summed E-state index contributed by atoms with van der Waals surface area (Å²) in [5, 5.41) is 73.1. The van der Waals surface area contributed by atoms with Crippen LogP contribution in [0.1, 0.15) is 168 Å². The van der Waals surface area contributed by atoms with Gasteiger partial charge < -0.3 is 111 Å². The number of aliphatic carboxylic acids is 2. The fraction of sp³-hybridized carbons (Fsp3) is 0.518. The van der Waals surface area contributed by atoms with Crippen LogP contribution in [0.15, 0.2) is 72.8 Å². The van der Waals surface area contributed by atoms with Crippen LogP contribution in [0.5, 0.6) is 17.2 Å². The molecule has 0 saturated carbocycles. The summed E-state index contributed by atoms with van der Waals surface area (Å²) in [5.74, 6) is -11.8. The molecule has 7 aliphatic heterocycles. The average Bonchev–Trinajstić information content (AvgIpc) is 1.60. The standard InChI is InChI=1S/C83H106N12O28/c1-46-38-62(98)47(2)85-68(101)28-36-119-37-29-84-77(110)73(91-67(100)24-26-71(105)106)72(90-66(99)23-25-70(103)104)61(97)14-11-32-118-35-27-69(102)86-48(3)75(108)87-49(4)76(109)89-54-21-17-51(18-22-54)45-122-82(115)94-59-41-63(52(43-96)39-55(59)78(111)92-30-9-12-57(92)80(94)113)120-33-7-6-8-34-121-65-42-60-56(40-64(65)117-5)79(112)93-31-10-13-58(93)81(114)95(60)83(116)123-44-50-15-19-53(20-16-50)88-74(46)107/h15-22,39-42,46-49,57-58,72-73,80-81,96,113-114H,6-14,23-38,43-45H2,1-5H3,(H,84,110)(H,85,101)(H,86,102)(H,87,108)(H,88,107)(H,89,109)(H,90,99)(H,91,100)(H,103,104)(H,105,106)/t46?,47?,48?,49?,57-,58-,72?,73?,80-,81-/m0/s1. The normalized spacial score (nSPS) is 23.9. The van der Waals surface area contributed by atoms with E-state index in [0.29, 0.717) is 68.3 Å². The molecule has 6 unspecified atom stereocenters. The van der Waals surface area contributed by atoms with Crippen LogP contribution in [-0.4, -0.2) is 251 Å². The Labute approximate surface area is 707 Å². The van der Waals surface area contributed by atoms with Gasteiger partial charge in [-0.05, 0) is 120 Å². The number of carboxylic acid groups (broad SMARTS) is 2. The van der Waals surface area contributed by atoms with Crippen LogP contribution in [0.2, 0.25) is 0 Å². The van der Waals surface area contributed by atoms with E-state index in [0.717, 1.165) is 9.80 Å². The van der Waals surface area contributed by atoms with Crippen LogP contribution in [-0.2, 0) is 96.3 Å². The molecule has 13 N–H and O–H groups in total. The second kappa shape index (κ2) is 45.5. The molecule has 0 aliphatic carbocycles. The molecule has 12 amide bonds. The molecule has 10 atom stereocenters. The zero-order valence-electron chi connectivity index (χ0n) is 68.9. The van der Waals surface area contributed by atoms with Gasteiger partial charge in [0.05, 0.1) is 100 Å². The highest BCUT2D eigenvalue weighted by Crippen LogP contribution is 2.43. The number of ketones is 2. The molecule has 40 nitrogen and oxygen atoms in total. The Balaban J connectivity index is 0.877. The fourth-order valence-corrected chi connectivity index (χ4v) is 14.3. The summed E-state index contributed by atoms with van der Waals surface area (Å²) in [5.41, 5.74) is 1.72. The predicted octanol–water partition coefficient (Wildman–Crippen LogP) is 2.95. The second-order valence-corrected chi connectivity index (χ2v) is 30.2. The number of amides is 12.